The average Bonchev–Trinajstić information content (AvgIpc) is 2.86. The molecule has 2 heterocycles. The number of rotatable bonds is 4. The summed E-state index contributed by atoms with van der Waals surface area (Å²) in [6.45, 7) is 6.69. The maximum absolute atomic E-state index is 12.3. The Labute approximate surface area is 137 Å². The third-order valence-corrected chi connectivity index (χ3v) is 4.28. The number of hydrogen-bond donors (Lipinski definition) is 2. The van der Waals surface area contributed by atoms with Gasteiger partial charge in [0.05, 0.1) is 12.2 Å². The molecule has 1 unspecified atom stereocenters. The third-order valence-electron chi connectivity index (χ3n) is 4.28. The number of benzene rings is 1. The van der Waals surface area contributed by atoms with Gasteiger partial charge in [-0.2, -0.15) is 5.10 Å². The number of hydrogen-bond acceptors (Lipinski definition) is 3. The first kappa shape index (κ1) is 15.7. The molecule has 23 heavy (non-hydrogen) atoms. The Morgan fingerprint density at radius 3 is 2.74 bits per heavy atom. The van der Waals surface area contributed by atoms with Gasteiger partial charge in [-0.05, 0) is 57.0 Å². The van der Waals surface area contributed by atoms with Crippen LogP contribution in [0.3, 0.4) is 0 Å². The average molecular weight is 312 g/mol. The van der Waals surface area contributed by atoms with E-state index < -0.39 is 0 Å². The minimum atomic E-state index is 0.0105. The van der Waals surface area contributed by atoms with E-state index in [2.05, 4.69) is 28.7 Å². The number of aromatic nitrogens is 2. The summed E-state index contributed by atoms with van der Waals surface area (Å²) in [5, 5.41) is 10.9. The fourth-order valence-electron chi connectivity index (χ4n) is 3.01. The smallest absolute Gasteiger partial charge is 0.251 e. The van der Waals surface area contributed by atoms with Crippen LogP contribution in [-0.4, -0.2) is 34.8 Å². The summed E-state index contributed by atoms with van der Waals surface area (Å²) >= 11 is 0. The quantitative estimate of drug-likeness (QED) is 0.908. The van der Waals surface area contributed by atoms with E-state index in [0.717, 1.165) is 49.4 Å². The van der Waals surface area contributed by atoms with Gasteiger partial charge in [0, 0.05) is 23.8 Å². The van der Waals surface area contributed by atoms with Gasteiger partial charge in [0.2, 0.25) is 0 Å². The summed E-state index contributed by atoms with van der Waals surface area (Å²) in [5.74, 6) is 0.0105. The van der Waals surface area contributed by atoms with Gasteiger partial charge >= 0.3 is 0 Å². The first-order chi connectivity index (χ1) is 11.1. The summed E-state index contributed by atoms with van der Waals surface area (Å²) in [7, 11) is 0. The van der Waals surface area contributed by atoms with Crippen LogP contribution in [0, 0.1) is 13.8 Å². The lowest BCUT2D eigenvalue weighted by Crippen LogP contribution is -2.45. The Balaban J connectivity index is 1.62. The van der Waals surface area contributed by atoms with Crippen molar-refractivity contribution >= 4 is 5.91 Å². The first-order valence-corrected chi connectivity index (χ1v) is 8.23. The second-order valence-electron chi connectivity index (χ2n) is 6.30. The Bertz CT molecular complexity index is 669. The van der Waals surface area contributed by atoms with Crippen LogP contribution in [0.25, 0.3) is 0 Å². The van der Waals surface area contributed by atoms with Crippen LogP contribution in [0.2, 0.25) is 0 Å². The molecule has 1 aliphatic rings. The Morgan fingerprint density at radius 1 is 1.35 bits per heavy atom. The number of carbonyl (C=O) groups excluding carboxylic acids is 1. The molecule has 1 atom stereocenters. The number of nitrogens with one attached hydrogen (secondary N) is 2. The molecule has 5 heteroatoms. The van der Waals surface area contributed by atoms with Gasteiger partial charge in [0.15, 0.2) is 0 Å². The second-order valence-corrected chi connectivity index (χ2v) is 6.30. The lowest BCUT2D eigenvalue weighted by Gasteiger charge is -2.23. The number of amides is 1. The van der Waals surface area contributed by atoms with Crippen molar-refractivity contribution in [2.24, 2.45) is 0 Å². The Kier molecular flexibility index (Phi) is 4.76. The van der Waals surface area contributed by atoms with Crippen LogP contribution in [0.15, 0.2) is 30.3 Å². The van der Waals surface area contributed by atoms with Crippen LogP contribution >= 0.6 is 0 Å². The molecule has 1 amide bonds. The van der Waals surface area contributed by atoms with Gasteiger partial charge in [-0.1, -0.05) is 12.1 Å². The molecule has 1 aliphatic heterocycles. The van der Waals surface area contributed by atoms with E-state index in [0.29, 0.717) is 5.56 Å². The van der Waals surface area contributed by atoms with Gasteiger partial charge in [-0.3, -0.25) is 9.48 Å². The number of carbonyl (C=O) groups is 1. The van der Waals surface area contributed by atoms with E-state index in [1.165, 1.54) is 0 Å². The van der Waals surface area contributed by atoms with Crippen molar-refractivity contribution in [1.29, 1.82) is 0 Å². The van der Waals surface area contributed by atoms with E-state index in [-0.39, 0.29) is 11.9 Å². The molecule has 2 aromatic rings. The number of nitrogens with zero attached hydrogens (tertiary/aromatic N) is 2. The summed E-state index contributed by atoms with van der Waals surface area (Å²) < 4.78 is 1.98. The minimum Gasteiger partial charge on any atom is -0.348 e. The van der Waals surface area contributed by atoms with Crippen LogP contribution in [-0.2, 0) is 6.54 Å². The Morgan fingerprint density at radius 2 is 2.13 bits per heavy atom. The van der Waals surface area contributed by atoms with Crippen molar-refractivity contribution in [3.63, 3.8) is 0 Å². The van der Waals surface area contributed by atoms with Gasteiger partial charge in [-0.25, -0.2) is 0 Å². The Hall–Kier alpha value is -2.14. The highest BCUT2D eigenvalue weighted by Gasteiger charge is 2.16. The summed E-state index contributed by atoms with van der Waals surface area (Å²) in [6.07, 6.45) is 2.17. The molecular formula is C18H24N4O. The maximum Gasteiger partial charge on any atom is 0.251 e. The zero-order valence-corrected chi connectivity index (χ0v) is 13.8. The molecule has 0 bridgehead atoms. The minimum absolute atomic E-state index is 0.0105. The molecule has 122 valence electrons. The van der Waals surface area contributed by atoms with Crippen molar-refractivity contribution < 1.29 is 4.79 Å². The van der Waals surface area contributed by atoms with Crippen LogP contribution < -0.4 is 10.6 Å². The van der Waals surface area contributed by atoms with E-state index in [1.54, 1.807) is 0 Å². The molecule has 2 N–H and O–H groups in total. The molecule has 3 rings (SSSR count). The van der Waals surface area contributed by atoms with Crippen LogP contribution in [0.5, 0.6) is 0 Å². The molecule has 0 saturated carbocycles. The predicted molar refractivity (Wildman–Crippen MR) is 90.6 cm³/mol. The lowest BCUT2D eigenvalue weighted by molar-refractivity contribution is 0.0930. The van der Waals surface area contributed by atoms with Crippen LogP contribution in [0.1, 0.15) is 40.2 Å². The molecule has 1 aromatic heterocycles. The van der Waals surface area contributed by atoms with E-state index in [1.807, 2.05) is 35.9 Å². The normalized spacial score (nSPS) is 17.9. The van der Waals surface area contributed by atoms with Gasteiger partial charge in [0.25, 0.3) is 5.91 Å². The maximum atomic E-state index is 12.3. The first-order valence-electron chi connectivity index (χ1n) is 8.23. The number of piperidine rings is 1. The molecule has 1 saturated heterocycles. The summed E-state index contributed by atoms with van der Waals surface area (Å²) in [5.41, 5.74) is 4.04. The van der Waals surface area contributed by atoms with Crippen molar-refractivity contribution in [2.45, 2.75) is 39.3 Å². The summed E-state index contributed by atoms with van der Waals surface area (Å²) in [6, 6.07) is 10.1. The van der Waals surface area contributed by atoms with E-state index in [9.17, 15) is 4.79 Å². The zero-order chi connectivity index (χ0) is 16.2. The SMILES string of the molecule is Cc1cc(C)n(Cc2ccc(C(=O)NC3CCCNC3)cc2)n1. The van der Waals surface area contributed by atoms with Gasteiger partial charge in [0.1, 0.15) is 0 Å². The molecule has 5 nitrogen and oxygen atoms in total. The molecule has 0 aliphatic carbocycles. The fraction of sp³-hybridized carbons (Fsp3) is 0.444. The highest BCUT2D eigenvalue weighted by atomic mass is 16.1. The number of aryl methyl sites for hydroxylation is 2. The van der Waals surface area contributed by atoms with Gasteiger partial charge in [-0.15, -0.1) is 0 Å². The highest BCUT2D eigenvalue weighted by molar-refractivity contribution is 5.94. The standard InChI is InChI=1S/C18H24N4O/c1-13-10-14(2)22(21-13)12-15-5-7-16(8-6-15)18(23)20-17-4-3-9-19-11-17/h5-8,10,17,19H,3-4,9,11-12H2,1-2H3,(H,20,23). The molecule has 0 radical (unpaired) electrons. The topological polar surface area (TPSA) is 59.0 Å². The summed E-state index contributed by atoms with van der Waals surface area (Å²) in [4.78, 5) is 12.3. The molecular weight excluding hydrogens is 288 g/mol. The van der Waals surface area contributed by atoms with E-state index >= 15 is 0 Å². The van der Waals surface area contributed by atoms with Crippen molar-refractivity contribution in [2.75, 3.05) is 13.1 Å². The molecule has 1 fully saturated rings. The van der Waals surface area contributed by atoms with E-state index in [4.69, 9.17) is 0 Å². The fourth-order valence-corrected chi connectivity index (χ4v) is 3.01. The zero-order valence-electron chi connectivity index (χ0n) is 13.8. The van der Waals surface area contributed by atoms with Crippen molar-refractivity contribution in [3.05, 3.63) is 52.8 Å². The third kappa shape index (κ3) is 3.99. The second kappa shape index (κ2) is 6.96. The van der Waals surface area contributed by atoms with Crippen molar-refractivity contribution in [3.8, 4) is 0 Å². The highest BCUT2D eigenvalue weighted by Crippen LogP contribution is 2.10. The predicted octanol–water partition coefficient (Wildman–Crippen LogP) is 2.03. The monoisotopic (exact) mass is 312 g/mol. The molecule has 0 spiro atoms. The molecule has 1 aromatic carbocycles. The van der Waals surface area contributed by atoms with Crippen LogP contribution in [0.4, 0.5) is 0 Å². The largest absolute Gasteiger partial charge is 0.348 e. The van der Waals surface area contributed by atoms with Crippen molar-refractivity contribution in [1.82, 2.24) is 20.4 Å². The lowest BCUT2D eigenvalue weighted by atomic mass is 10.1. The van der Waals surface area contributed by atoms with Gasteiger partial charge < -0.3 is 10.6 Å².